The molecule has 0 aliphatic rings. The lowest BCUT2D eigenvalue weighted by molar-refractivity contribution is 0.414. The van der Waals surface area contributed by atoms with Crippen molar-refractivity contribution in [1.82, 2.24) is 9.71 Å². The van der Waals surface area contributed by atoms with E-state index in [1.165, 1.54) is 18.5 Å². The smallest absolute Gasteiger partial charge is 0.242 e. The van der Waals surface area contributed by atoms with Crippen LogP contribution in [0.2, 0.25) is 0 Å². The zero-order chi connectivity index (χ0) is 14.6. The Morgan fingerprint density at radius 3 is 2.55 bits per heavy atom. The number of sulfonamides is 1. The molecular weight excluding hydrogens is 344 g/mol. The second kappa shape index (κ2) is 6.34. The largest absolute Gasteiger partial charge is 0.497 e. The van der Waals surface area contributed by atoms with E-state index in [4.69, 9.17) is 4.74 Å². The number of ether oxygens (including phenoxy) is 1. The summed E-state index contributed by atoms with van der Waals surface area (Å²) in [4.78, 5) is 3.97. The van der Waals surface area contributed by atoms with E-state index in [2.05, 4.69) is 25.6 Å². The van der Waals surface area contributed by atoms with Gasteiger partial charge in [0, 0.05) is 23.4 Å². The maximum atomic E-state index is 12.1. The number of hydrogen-bond acceptors (Lipinski definition) is 4. The molecule has 2 aromatic rings. The summed E-state index contributed by atoms with van der Waals surface area (Å²) in [7, 11) is -1.99. The molecule has 5 nitrogen and oxygen atoms in total. The predicted octanol–water partition coefficient (Wildman–Crippen LogP) is 2.33. The van der Waals surface area contributed by atoms with Crippen molar-refractivity contribution in [3.63, 3.8) is 0 Å². The summed E-state index contributed by atoms with van der Waals surface area (Å²) in [5, 5.41) is 0. The highest BCUT2D eigenvalue weighted by Gasteiger charge is 2.14. The van der Waals surface area contributed by atoms with E-state index in [9.17, 15) is 8.42 Å². The van der Waals surface area contributed by atoms with E-state index in [0.717, 1.165) is 11.3 Å². The lowest BCUT2D eigenvalue weighted by atomic mass is 10.2. The van der Waals surface area contributed by atoms with Crippen LogP contribution in [0.3, 0.4) is 0 Å². The van der Waals surface area contributed by atoms with Crippen LogP contribution in [0.4, 0.5) is 0 Å². The molecule has 0 saturated carbocycles. The summed E-state index contributed by atoms with van der Waals surface area (Å²) in [5.74, 6) is 0.729. The molecule has 0 saturated heterocycles. The van der Waals surface area contributed by atoms with E-state index in [1.807, 2.05) is 0 Å². The van der Waals surface area contributed by atoms with Gasteiger partial charge in [0.05, 0.1) is 7.11 Å². The van der Waals surface area contributed by atoms with Crippen molar-refractivity contribution in [3.8, 4) is 5.75 Å². The summed E-state index contributed by atoms with van der Waals surface area (Å²) in [6.45, 7) is 0.207. The number of rotatable bonds is 5. The molecule has 0 atom stereocenters. The monoisotopic (exact) mass is 356 g/mol. The number of benzene rings is 1. The maximum Gasteiger partial charge on any atom is 0.242 e. The second-order valence-corrected chi connectivity index (χ2v) is 6.69. The Bertz CT molecular complexity index is 687. The molecule has 1 aromatic heterocycles. The summed E-state index contributed by atoms with van der Waals surface area (Å²) >= 11 is 3.20. The van der Waals surface area contributed by atoms with Crippen LogP contribution >= 0.6 is 15.9 Å². The van der Waals surface area contributed by atoms with Gasteiger partial charge in [-0.1, -0.05) is 12.1 Å². The molecule has 1 aromatic carbocycles. The van der Waals surface area contributed by atoms with E-state index in [0.29, 0.717) is 4.47 Å². The van der Waals surface area contributed by atoms with Gasteiger partial charge in [-0.3, -0.25) is 4.98 Å². The van der Waals surface area contributed by atoms with Crippen LogP contribution in [0.15, 0.2) is 52.1 Å². The zero-order valence-electron chi connectivity index (χ0n) is 10.7. The summed E-state index contributed by atoms with van der Waals surface area (Å²) in [5.41, 5.74) is 0.845. The minimum absolute atomic E-state index is 0.125. The van der Waals surface area contributed by atoms with Crippen LogP contribution in [0.1, 0.15) is 5.56 Å². The first-order valence-corrected chi connectivity index (χ1v) is 8.02. The molecule has 1 heterocycles. The van der Waals surface area contributed by atoms with Gasteiger partial charge in [0.2, 0.25) is 10.0 Å². The first-order chi connectivity index (χ1) is 9.51. The first kappa shape index (κ1) is 15.0. The van der Waals surface area contributed by atoms with Gasteiger partial charge >= 0.3 is 0 Å². The van der Waals surface area contributed by atoms with E-state index < -0.39 is 10.0 Å². The Labute approximate surface area is 126 Å². The Morgan fingerprint density at radius 1 is 1.25 bits per heavy atom. The van der Waals surface area contributed by atoms with Crippen molar-refractivity contribution < 1.29 is 13.2 Å². The van der Waals surface area contributed by atoms with Crippen LogP contribution in [0, 0.1) is 0 Å². The highest BCUT2D eigenvalue weighted by atomic mass is 79.9. The van der Waals surface area contributed by atoms with E-state index >= 15 is 0 Å². The van der Waals surface area contributed by atoms with Crippen LogP contribution in [0.25, 0.3) is 0 Å². The number of nitrogens with one attached hydrogen (secondary N) is 1. The summed E-state index contributed by atoms with van der Waals surface area (Å²) < 4.78 is 32.4. The van der Waals surface area contributed by atoms with Gasteiger partial charge in [-0.15, -0.1) is 0 Å². The zero-order valence-corrected chi connectivity index (χ0v) is 13.1. The Balaban J connectivity index is 2.09. The lowest BCUT2D eigenvalue weighted by Crippen LogP contribution is -2.23. The normalized spacial score (nSPS) is 11.3. The van der Waals surface area contributed by atoms with Gasteiger partial charge in [-0.2, -0.15) is 0 Å². The molecular formula is C13H13BrN2O3S. The molecule has 0 radical (unpaired) electrons. The predicted molar refractivity (Wildman–Crippen MR) is 79.0 cm³/mol. The number of pyridine rings is 1. The second-order valence-electron chi connectivity index (χ2n) is 4.01. The van der Waals surface area contributed by atoms with Crippen molar-refractivity contribution >= 4 is 26.0 Å². The van der Waals surface area contributed by atoms with Crippen LogP contribution < -0.4 is 9.46 Å². The van der Waals surface area contributed by atoms with Gasteiger partial charge in [-0.25, -0.2) is 13.1 Å². The molecule has 0 amide bonds. The van der Waals surface area contributed by atoms with Crippen molar-refractivity contribution in [2.45, 2.75) is 11.4 Å². The summed E-state index contributed by atoms with van der Waals surface area (Å²) in [6, 6.07) is 8.68. The van der Waals surface area contributed by atoms with Crippen molar-refractivity contribution in [2.24, 2.45) is 0 Å². The standard InChI is InChI=1S/C13H13BrN2O3S/c1-19-12-4-2-10(3-5-12)7-16-20(17,18)13-6-11(14)8-15-9-13/h2-6,8-9,16H,7H2,1H3. The van der Waals surface area contributed by atoms with Gasteiger partial charge in [0.25, 0.3) is 0 Å². The third-order valence-corrected chi connectivity index (χ3v) is 4.42. The number of methoxy groups -OCH3 is 1. The average Bonchev–Trinajstić information content (AvgIpc) is 2.46. The quantitative estimate of drug-likeness (QED) is 0.892. The molecule has 0 unspecified atom stereocenters. The topological polar surface area (TPSA) is 68.3 Å². The minimum Gasteiger partial charge on any atom is -0.497 e. The van der Waals surface area contributed by atoms with Gasteiger partial charge in [-0.05, 0) is 39.7 Å². The summed E-state index contributed by atoms with van der Waals surface area (Å²) in [6.07, 6.45) is 2.84. The molecule has 1 N–H and O–H groups in total. The maximum absolute atomic E-state index is 12.1. The minimum atomic E-state index is -3.57. The Hall–Kier alpha value is -1.44. The molecule has 0 aliphatic carbocycles. The fraction of sp³-hybridized carbons (Fsp3) is 0.154. The number of hydrogen-bond donors (Lipinski definition) is 1. The molecule has 20 heavy (non-hydrogen) atoms. The molecule has 2 rings (SSSR count). The number of aromatic nitrogens is 1. The SMILES string of the molecule is COc1ccc(CNS(=O)(=O)c2cncc(Br)c2)cc1. The van der Waals surface area contributed by atoms with Crippen LogP contribution in [-0.4, -0.2) is 20.5 Å². The fourth-order valence-corrected chi connectivity index (χ4v) is 3.07. The average molecular weight is 357 g/mol. The van der Waals surface area contributed by atoms with Gasteiger partial charge < -0.3 is 4.74 Å². The van der Waals surface area contributed by atoms with Gasteiger partial charge in [0.1, 0.15) is 10.6 Å². The highest BCUT2D eigenvalue weighted by Crippen LogP contribution is 2.15. The Morgan fingerprint density at radius 2 is 1.95 bits per heavy atom. The van der Waals surface area contributed by atoms with Crippen LogP contribution in [-0.2, 0) is 16.6 Å². The fourth-order valence-electron chi connectivity index (χ4n) is 1.54. The van der Waals surface area contributed by atoms with E-state index in [1.54, 1.807) is 31.4 Å². The first-order valence-electron chi connectivity index (χ1n) is 5.74. The van der Waals surface area contributed by atoms with Crippen molar-refractivity contribution in [2.75, 3.05) is 7.11 Å². The third-order valence-electron chi connectivity index (χ3n) is 2.62. The Kier molecular flexibility index (Phi) is 4.74. The lowest BCUT2D eigenvalue weighted by Gasteiger charge is -2.07. The molecule has 0 spiro atoms. The molecule has 0 fully saturated rings. The molecule has 0 bridgehead atoms. The highest BCUT2D eigenvalue weighted by molar-refractivity contribution is 9.10. The van der Waals surface area contributed by atoms with E-state index in [-0.39, 0.29) is 11.4 Å². The third kappa shape index (κ3) is 3.78. The van der Waals surface area contributed by atoms with Crippen molar-refractivity contribution in [3.05, 3.63) is 52.8 Å². The van der Waals surface area contributed by atoms with Crippen molar-refractivity contribution in [1.29, 1.82) is 0 Å². The number of nitrogens with zero attached hydrogens (tertiary/aromatic N) is 1. The number of halogens is 1. The molecule has 7 heteroatoms. The molecule has 106 valence electrons. The molecule has 0 aliphatic heterocycles. The van der Waals surface area contributed by atoms with Gasteiger partial charge in [0.15, 0.2) is 0 Å². The van der Waals surface area contributed by atoms with Crippen LogP contribution in [0.5, 0.6) is 5.75 Å².